The molecule has 1 atom stereocenters. The van der Waals surface area contributed by atoms with E-state index in [1.165, 1.54) is 0 Å². The van der Waals surface area contributed by atoms with Crippen LogP contribution >= 0.6 is 0 Å². The zero-order chi connectivity index (χ0) is 13.7. The molecule has 0 bridgehead atoms. The molecule has 1 aliphatic carbocycles. The lowest BCUT2D eigenvalue weighted by molar-refractivity contribution is -0.151. The Balaban J connectivity index is 1.78. The Bertz CT molecular complexity index is 396. The maximum absolute atomic E-state index is 11.9. The molecule has 0 spiro atoms. The van der Waals surface area contributed by atoms with E-state index in [0.29, 0.717) is 0 Å². The highest BCUT2D eigenvalue weighted by atomic mass is 16.5. The van der Waals surface area contributed by atoms with Crippen molar-refractivity contribution in [2.75, 3.05) is 0 Å². The smallest absolute Gasteiger partial charge is 0.307 e. The minimum Gasteiger partial charge on any atom is -0.462 e. The summed E-state index contributed by atoms with van der Waals surface area (Å²) in [5, 5.41) is 0. The van der Waals surface area contributed by atoms with E-state index in [2.05, 4.69) is 6.92 Å². The maximum Gasteiger partial charge on any atom is 0.307 e. The Labute approximate surface area is 115 Å². The number of esters is 1. The highest BCUT2D eigenvalue weighted by molar-refractivity contribution is 5.70. The van der Waals surface area contributed by atoms with Gasteiger partial charge in [-0.15, -0.1) is 0 Å². The summed E-state index contributed by atoms with van der Waals surface area (Å²) in [4.78, 5) is 11.9. The third-order valence-corrected chi connectivity index (χ3v) is 3.88. The first kappa shape index (κ1) is 14.1. The van der Waals surface area contributed by atoms with Gasteiger partial charge in [0.05, 0.1) is 6.42 Å². The number of ether oxygens (including phenoxy) is 1. The minimum atomic E-state index is -0.267. The minimum absolute atomic E-state index is 0.103. The number of benzene rings is 1. The number of nitrogens with two attached hydrogens (primary N) is 1. The SMILES string of the molecule is CC1CCC(OC(=O)CC(N)c2ccccc2)CC1. The fourth-order valence-corrected chi connectivity index (χ4v) is 2.58. The van der Waals surface area contributed by atoms with Crippen LogP contribution in [0.25, 0.3) is 0 Å². The first-order valence-corrected chi connectivity index (χ1v) is 7.15. The molecule has 0 heterocycles. The molecule has 3 nitrogen and oxygen atoms in total. The summed E-state index contributed by atoms with van der Waals surface area (Å²) in [5.74, 6) is 0.595. The van der Waals surface area contributed by atoms with Crippen LogP contribution in [0.3, 0.4) is 0 Å². The van der Waals surface area contributed by atoms with E-state index < -0.39 is 0 Å². The summed E-state index contributed by atoms with van der Waals surface area (Å²) in [5.41, 5.74) is 7.01. The number of rotatable bonds is 4. The van der Waals surface area contributed by atoms with Gasteiger partial charge in [0.1, 0.15) is 6.10 Å². The molecule has 2 N–H and O–H groups in total. The van der Waals surface area contributed by atoms with Crippen LogP contribution in [0.5, 0.6) is 0 Å². The van der Waals surface area contributed by atoms with E-state index in [-0.39, 0.29) is 24.5 Å². The Kier molecular flexibility index (Phi) is 4.97. The molecule has 0 aromatic heterocycles. The van der Waals surface area contributed by atoms with Gasteiger partial charge in [-0.25, -0.2) is 0 Å². The second kappa shape index (κ2) is 6.71. The molecule has 0 radical (unpaired) electrons. The molecule has 1 aliphatic rings. The van der Waals surface area contributed by atoms with Crippen molar-refractivity contribution in [1.29, 1.82) is 0 Å². The highest BCUT2D eigenvalue weighted by Gasteiger charge is 2.22. The highest BCUT2D eigenvalue weighted by Crippen LogP contribution is 2.26. The molecule has 0 amide bonds. The molecule has 1 saturated carbocycles. The molecule has 3 heteroatoms. The van der Waals surface area contributed by atoms with Crippen LogP contribution in [0, 0.1) is 5.92 Å². The molecule has 104 valence electrons. The van der Waals surface area contributed by atoms with Gasteiger partial charge in [-0.2, -0.15) is 0 Å². The van der Waals surface area contributed by atoms with Crippen LogP contribution in [0.4, 0.5) is 0 Å². The summed E-state index contributed by atoms with van der Waals surface area (Å²) in [6, 6.07) is 9.43. The van der Waals surface area contributed by atoms with Gasteiger partial charge in [-0.3, -0.25) is 4.79 Å². The van der Waals surface area contributed by atoms with Gasteiger partial charge < -0.3 is 10.5 Å². The molecule has 1 aromatic rings. The molecule has 2 rings (SSSR count). The van der Waals surface area contributed by atoms with E-state index in [4.69, 9.17) is 10.5 Å². The van der Waals surface area contributed by atoms with E-state index in [0.717, 1.165) is 37.2 Å². The number of carbonyl (C=O) groups is 1. The summed E-state index contributed by atoms with van der Waals surface area (Å²) in [7, 11) is 0. The van der Waals surface area contributed by atoms with Crippen molar-refractivity contribution in [2.45, 2.75) is 51.2 Å². The molecule has 1 fully saturated rings. The van der Waals surface area contributed by atoms with Crippen LogP contribution in [-0.4, -0.2) is 12.1 Å². The van der Waals surface area contributed by atoms with Crippen molar-refractivity contribution in [3.63, 3.8) is 0 Å². The quantitative estimate of drug-likeness (QED) is 0.847. The van der Waals surface area contributed by atoms with E-state index in [9.17, 15) is 4.79 Å². The number of carbonyl (C=O) groups excluding carboxylic acids is 1. The molecule has 1 aromatic carbocycles. The molecule has 19 heavy (non-hydrogen) atoms. The third-order valence-electron chi connectivity index (χ3n) is 3.88. The number of hydrogen-bond acceptors (Lipinski definition) is 3. The predicted molar refractivity (Wildman–Crippen MR) is 75.5 cm³/mol. The van der Waals surface area contributed by atoms with Gasteiger partial charge in [-0.05, 0) is 37.2 Å². The van der Waals surface area contributed by atoms with Gasteiger partial charge in [0.2, 0.25) is 0 Å². The van der Waals surface area contributed by atoms with Crippen LogP contribution in [0.2, 0.25) is 0 Å². The van der Waals surface area contributed by atoms with Crippen LogP contribution in [0.1, 0.15) is 50.6 Å². The lowest BCUT2D eigenvalue weighted by atomic mass is 9.89. The summed E-state index contributed by atoms with van der Waals surface area (Å²) < 4.78 is 5.51. The lowest BCUT2D eigenvalue weighted by Crippen LogP contribution is -2.25. The molecule has 0 aliphatic heterocycles. The van der Waals surface area contributed by atoms with Crippen molar-refractivity contribution in [1.82, 2.24) is 0 Å². The molecular weight excluding hydrogens is 238 g/mol. The van der Waals surface area contributed by atoms with E-state index >= 15 is 0 Å². The largest absolute Gasteiger partial charge is 0.462 e. The van der Waals surface area contributed by atoms with Gasteiger partial charge in [-0.1, -0.05) is 37.3 Å². The van der Waals surface area contributed by atoms with Crippen molar-refractivity contribution in [3.8, 4) is 0 Å². The predicted octanol–water partition coefficient (Wildman–Crippen LogP) is 3.20. The van der Waals surface area contributed by atoms with Gasteiger partial charge in [0.25, 0.3) is 0 Å². The van der Waals surface area contributed by atoms with Crippen molar-refractivity contribution in [2.24, 2.45) is 11.7 Å². The summed E-state index contributed by atoms with van der Waals surface area (Å²) in [6.45, 7) is 2.25. The average Bonchev–Trinajstić information content (AvgIpc) is 2.42. The van der Waals surface area contributed by atoms with Crippen LogP contribution < -0.4 is 5.73 Å². The molecular formula is C16H23NO2. The average molecular weight is 261 g/mol. The second-order valence-electron chi connectivity index (χ2n) is 5.59. The fourth-order valence-electron chi connectivity index (χ4n) is 2.58. The monoisotopic (exact) mass is 261 g/mol. The van der Waals surface area contributed by atoms with Gasteiger partial charge in [0.15, 0.2) is 0 Å². The van der Waals surface area contributed by atoms with E-state index in [1.807, 2.05) is 30.3 Å². The van der Waals surface area contributed by atoms with Gasteiger partial charge in [0, 0.05) is 6.04 Å². The third kappa shape index (κ3) is 4.35. The molecule has 1 unspecified atom stereocenters. The Morgan fingerprint density at radius 3 is 2.53 bits per heavy atom. The van der Waals surface area contributed by atoms with Gasteiger partial charge >= 0.3 is 5.97 Å². The van der Waals surface area contributed by atoms with Crippen molar-refractivity contribution in [3.05, 3.63) is 35.9 Å². The number of hydrogen-bond donors (Lipinski definition) is 1. The first-order chi connectivity index (χ1) is 9.15. The van der Waals surface area contributed by atoms with Crippen molar-refractivity contribution >= 4 is 5.97 Å². The topological polar surface area (TPSA) is 52.3 Å². The van der Waals surface area contributed by atoms with Crippen LogP contribution in [0.15, 0.2) is 30.3 Å². The normalized spacial score (nSPS) is 24.7. The standard InChI is InChI=1S/C16H23NO2/c1-12-7-9-14(10-8-12)19-16(18)11-15(17)13-5-3-2-4-6-13/h2-6,12,14-15H,7-11,17H2,1H3. The summed E-state index contributed by atoms with van der Waals surface area (Å²) >= 11 is 0. The molecule has 0 saturated heterocycles. The Morgan fingerprint density at radius 1 is 1.26 bits per heavy atom. The lowest BCUT2D eigenvalue weighted by Gasteiger charge is -2.26. The fraction of sp³-hybridized carbons (Fsp3) is 0.562. The van der Waals surface area contributed by atoms with Crippen LogP contribution in [-0.2, 0) is 9.53 Å². The zero-order valence-electron chi connectivity index (χ0n) is 11.5. The Morgan fingerprint density at radius 2 is 1.89 bits per heavy atom. The maximum atomic E-state index is 11.9. The zero-order valence-corrected chi connectivity index (χ0v) is 11.5. The van der Waals surface area contributed by atoms with Crippen molar-refractivity contribution < 1.29 is 9.53 Å². The summed E-state index contributed by atoms with van der Waals surface area (Å²) in [6.07, 6.45) is 4.66. The first-order valence-electron chi connectivity index (χ1n) is 7.15. The van der Waals surface area contributed by atoms with E-state index in [1.54, 1.807) is 0 Å². The Hall–Kier alpha value is -1.35. The second-order valence-corrected chi connectivity index (χ2v) is 5.59.